The highest BCUT2D eigenvalue weighted by Gasteiger charge is 2.21. The number of ether oxygens (including phenoxy) is 2. The molecule has 0 radical (unpaired) electrons. The number of aliphatic hydroxyl groups is 2. The number of hydrogen-bond donors (Lipinski definition) is 6. The van der Waals surface area contributed by atoms with Gasteiger partial charge in [0.1, 0.15) is 25.3 Å². The summed E-state index contributed by atoms with van der Waals surface area (Å²) in [6.45, 7) is -1.69. The van der Waals surface area contributed by atoms with E-state index in [1.54, 1.807) is 0 Å². The van der Waals surface area contributed by atoms with Gasteiger partial charge in [-0.1, -0.05) is 0 Å². The molecule has 12 nitrogen and oxygen atoms in total. The van der Waals surface area contributed by atoms with E-state index in [0.29, 0.717) is 0 Å². The fraction of sp³-hybridized carbons (Fsp3) is 0.714. The van der Waals surface area contributed by atoms with Crippen molar-refractivity contribution in [3.05, 3.63) is 0 Å². The molecular formula is C14H24N4O8. The van der Waals surface area contributed by atoms with E-state index in [-0.39, 0.29) is 26.3 Å². The van der Waals surface area contributed by atoms with Crippen LogP contribution in [0, 0.1) is 0 Å². The minimum absolute atomic E-state index is 0.144. The number of nitrogens with one attached hydrogen (secondary N) is 4. The number of rotatable bonds is 2. The molecule has 0 unspecified atom stereocenters. The van der Waals surface area contributed by atoms with Crippen LogP contribution in [-0.2, 0) is 28.7 Å². The van der Waals surface area contributed by atoms with Crippen molar-refractivity contribution in [2.45, 2.75) is 12.1 Å². The lowest BCUT2D eigenvalue weighted by molar-refractivity contribution is -0.136. The first-order chi connectivity index (χ1) is 12.5. The summed E-state index contributed by atoms with van der Waals surface area (Å²) in [5.74, 6) is -2.61. The first-order valence-electron chi connectivity index (χ1n) is 7.99. The molecule has 0 bridgehead atoms. The quantitative estimate of drug-likeness (QED) is 0.278. The Kier molecular flexibility index (Phi) is 10.2. The highest BCUT2D eigenvalue weighted by atomic mass is 16.5. The Morgan fingerprint density at radius 3 is 1.58 bits per heavy atom. The van der Waals surface area contributed by atoms with Crippen LogP contribution in [0.5, 0.6) is 0 Å². The molecule has 4 amide bonds. The topological polar surface area (TPSA) is 175 Å². The first kappa shape index (κ1) is 21.8. The zero-order valence-corrected chi connectivity index (χ0v) is 14.2. The van der Waals surface area contributed by atoms with Crippen LogP contribution in [0.25, 0.3) is 0 Å². The fourth-order valence-electron chi connectivity index (χ4n) is 1.94. The maximum atomic E-state index is 11.8. The Labute approximate surface area is 149 Å². The van der Waals surface area contributed by atoms with E-state index in [1.807, 2.05) is 0 Å². The molecule has 26 heavy (non-hydrogen) atoms. The van der Waals surface area contributed by atoms with Crippen molar-refractivity contribution in [3.63, 3.8) is 0 Å². The minimum atomic E-state index is -1.16. The largest absolute Gasteiger partial charge is 0.394 e. The Hall–Kier alpha value is -2.28. The van der Waals surface area contributed by atoms with Crippen LogP contribution >= 0.6 is 0 Å². The highest BCUT2D eigenvalue weighted by molar-refractivity contribution is 5.89. The van der Waals surface area contributed by atoms with Crippen LogP contribution < -0.4 is 21.3 Å². The number of amides is 4. The van der Waals surface area contributed by atoms with Gasteiger partial charge in [0.2, 0.25) is 23.6 Å². The lowest BCUT2D eigenvalue weighted by Gasteiger charge is -2.18. The Morgan fingerprint density at radius 1 is 0.769 bits per heavy atom. The predicted octanol–water partition coefficient (Wildman–Crippen LogP) is -4.78. The summed E-state index contributed by atoms with van der Waals surface area (Å²) in [5, 5.41) is 27.8. The molecule has 1 rings (SSSR count). The molecule has 0 aromatic carbocycles. The summed E-state index contributed by atoms with van der Waals surface area (Å²) in [5.41, 5.74) is 0. The summed E-state index contributed by atoms with van der Waals surface area (Å²) in [6.07, 6.45) is 0. The zero-order valence-electron chi connectivity index (χ0n) is 14.2. The average molecular weight is 376 g/mol. The van der Waals surface area contributed by atoms with Crippen molar-refractivity contribution in [2.75, 3.05) is 52.7 Å². The summed E-state index contributed by atoms with van der Waals surface area (Å²) >= 11 is 0. The molecular weight excluding hydrogens is 352 g/mol. The third-order valence-corrected chi connectivity index (χ3v) is 3.23. The number of aliphatic hydroxyl groups excluding tert-OH is 2. The smallest absolute Gasteiger partial charge is 0.246 e. The molecule has 0 aromatic heterocycles. The van der Waals surface area contributed by atoms with Crippen LogP contribution in [0.2, 0.25) is 0 Å². The third-order valence-electron chi connectivity index (χ3n) is 3.23. The fourth-order valence-corrected chi connectivity index (χ4v) is 1.94. The van der Waals surface area contributed by atoms with Gasteiger partial charge in [-0.25, -0.2) is 0 Å². The molecule has 148 valence electrons. The molecule has 1 fully saturated rings. The van der Waals surface area contributed by atoms with Gasteiger partial charge in [0.15, 0.2) is 0 Å². The van der Waals surface area contributed by atoms with E-state index in [9.17, 15) is 29.4 Å². The predicted molar refractivity (Wildman–Crippen MR) is 85.7 cm³/mol. The molecule has 0 aromatic rings. The number of hydrogen-bond acceptors (Lipinski definition) is 8. The molecule has 1 aliphatic heterocycles. The molecule has 1 heterocycles. The van der Waals surface area contributed by atoms with Gasteiger partial charge in [-0.2, -0.15) is 0 Å². The summed E-state index contributed by atoms with van der Waals surface area (Å²) in [7, 11) is 0. The molecule has 1 aliphatic rings. The number of carbonyl (C=O) groups excluding carboxylic acids is 4. The van der Waals surface area contributed by atoms with Crippen LogP contribution in [0.3, 0.4) is 0 Å². The Morgan fingerprint density at radius 2 is 1.19 bits per heavy atom. The van der Waals surface area contributed by atoms with E-state index < -0.39 is 62.1 Å². The van der Waals surface area contributed by atoms with Crippen molar-refractivity contribution in [1.29, 1.82) is 0 Å². The SMILES string of the molecule is O=C1COCC(=O)N[C@@H](CO)C(=O)NCCOCCNC(=O)[C@H](CO)N1. The van der Waals surface area contributed by atoms with Gasteiger partial charge in [-0.3, -0.25) is 19.2 Å². The first-order valence-corrected chi connectivity index (χ1v) is 7.99. The van der Waals surface area contributed by atoms with Gasteiger partial charge < -0.3 is 41.0 Å². The molecule has 0 aliphatic carbocycles. The molecule has 2 atom stereocenters. The summed E-state index contributed by atoms with van der Waals surface area (Å²) in [4.78, 5) is 47.0. The molecule has 1 saturated heterocycles. The normalized spacial score (nSPS) is 25.2. The van der Waals surface area contributed by atoms with E-state index in [4.69, 9.17) is 9.47 Å². The molecule has 6 N–H and O–H groups in total. The second kappa shape index (κ2) is 12.1. The standard InChI is InChI=1S/C14H24N4O8/c19-5-9-13(23)15-1-3-25-4-2-16-14(24)10(6-20)18-12(22)8-26-7-11(21)17-9/h9-10,19-20H,1-8H2,(H,15,23)(H,16,24)(H,17,21)(H,18,22)/t9-,10-/m0/s1. The van der Waals surface area contributed by atoms with Gasteiger partial charge in [0.05, 0.1) is 26.4 Å². The highest BCUT2D eigenvalue weighted by Crippen LogP contribution is 1.88. The minimum Gasteiger partial charge on any atom is -0.394 e. The lowest BCUT2D eigenvalue weighted by atomic mass is 10.3. The van der Waals surface area contributed by atoms with Crippen molar-refractivity contribution in [3.8, 4) is 0 Å². The van der Waals surface area contributed by atoms with E-state index in [2.05, 4.69) is 21.3 Å². The van der Waals surface area contributed by atoms with Crippen molar-refractivity contribution in [2.24, 2.45) is 0 Å². The van der Waals surface area contributed by atoms with Crippen molar-refractivity contribution in [1.82, 2.24) is 21.3 Å². The Balaban J connectivity index is 2.64. The molecule has 0 spiro atoms. The van der Waals surface area contributed by atoms with Gasteiger partial charge in [-0.05, 0) is 0 Å². The van der Waals surface area contributed by atoms with Gasteiger partial charge >= 0.3 is 0 Å². The third kappa shape index (κ3) is 8.20. The second-order valence-electron chi connectivity index (χ2n) is 5.29. The van der Waals surface area contributed by atoms with Crippen LogP contribution in [0.1, 0.15) is 0 Å². The average Bonchev–Trinajstić information content (AvgIpc) is 2.62. The Bertz CT molecular complexity index is 459. The maximum absolute atomic E-state index is 11.8. The zero-order chi connectivity index (χ0) is 19.4. The number of carbonyl (C=O) groups is 4. The van der Waals surface area contributed by atoms with E-state index in [1.165, 1.54) is 0 Å². The molecule has 0 saturated carbocycles. The second-order valence-corrected chi connectivity index (χ2v) is 5.29. The monoisotopic (exact) mass is 376 g/mol. The van der Waals surface area contributed by atoms with Gasteiger partial charge in [0.25, 0.3) is 0 Å². The van der Waals surface area contributed by atoms with Gasteiger partial charge in [0, 0.05) is 13.1 Å². The van der Waals surface area contributed by atoms with Crippen LogP contribution in [0.15, 0.2) is 0 Å². The van der Waals surface area contributed by atoms with Crippen molar-refractivity contribution >= 4 is 23.6 Å². The van der Waals surface area contributed by atoms with E-state index >= 15 is 0 Å². The van der Waals surface area contributed by atoms with E-state index in [0.717, 1.165) is 0 Å². The van der Waals surface area contributed by atoms with Gasteiger partial charge in [-0.15, -0.1) is 0 Å². The summed E-state index contributed by atoms with van der Waals surface area (Å²) in [6, 6.07) is -2.31. The van der Waals surface area contributed by atoms with Crippen LogP contribution in [-0.4, -0.2) is 98.7 Å². The van der Waals surface area contributed by atoms with Crippen molar-refractivity contribution < 1.29 is 38.9 Å². The summed E-state index contributed by atoms with van der Waals surface area (Å²) < 4.78 is 10.1. The maximum Gasteiger partial charge on any atom is 0.246 e. The lowest BCUT2D eigenvalue weighted by Crippen LogP contribution is -2.51. The van der Waals surface area contributed by atoms with Crippen LogP contribution in [0.4, 0.5) is 0 Å². The molecule has 12 heteroatoms.